The summed E-state index contributed by atoms with van der Waals surface area (Å²) < 4.78 is 51.2. The Bertz CT molecular complexity index is 2130. The molecule has 4 heterocycles. The van der Waals surface area contributed by atoms with Crippen molar-refractivity contribution in [2.75, 3.05) is 44.9 Å². The van der Waals surface area contributed by atoms with Gasteiger partial charge in [0.05, 0.1) is 43.5 Å². The lowest BCUT2D eigenvalue weighted by molar-refractivity contribution is -0.142. The van der Waals surface area contributed by atoms with Crippen molar-refractivity contribution in [1.82, 2.24) is 25.2 Å². The van der Waals surface area contributed by atoms with Gasteiger partial charge in [0.15, 0.2) is 0 Å². The molecule has 0 radical (unpaired) electrons. The Morgan fingerprint density at radius 3 is 2.48 bits per heavy atom. The number of carbonyl (C=O) groups is 4. The summed E-state index contributed by atoms with van der Waals surface area (Å²) in [6.07, 6.45) is 7.20. The number of allylic oxidation sites excluding steroid dienone is 1. The molecule has 7 rings (SSSR count). The van der Waals surface area contributed by atoms with E-state index in [1.165, 1.54) is 4.90 Å². The maximum atomic E-state index is 14.9. The molecule has 17 heteroatoms. The summed E-state index contributed by atoms with van der Waals surface area (Å²) in [5.74, 6) is -1.65. The Balaban J connectivity index is 1.23. The molecule has 3 aliphatic heterocycles. The van der Waals surface area contributed by atoms with Crippen LogP contribution in [0, 0.1) is 17.8 Å². The van der Waals surface area contributed by atoms with Crippen LogP contribution in [0.15, 0.2) is 36.5 Å². The van der Waals surface area contributed by atoms with E-state index in [0.29, 0.717) is 69.0 Å². The normalized spacial score (nSPS) is 30.1. The fourth-order valence-electron chi connectivity index (χ4n) is 8.65. The van der Waals surface area contributed by atoms with Crippen LogP contribution in [0.3, 0.4) is 0 Å². The average Bonchev–Trinajstić information content (AvgIpc) is 4.07. The smallest absolute Gasteiger partial charge is 0.408 e. The molecule has 5 aliphatic rings. The molecule has 0 unspecified atom stereocenters. The van der Waals surface area contributed by atoms with Crippen LogP contribution in [0.5, 0.6) is 11.6 Å². The number of benzene rings is 1. The molecule has 2 aliphatic carbocycles. The van der Waals surface area contributed by atoms with Crippen molar-refractivity contribution in [2.45, 2.75) is 121 Å². The summed E-state index contributed by atoms with van der Waals surface area (Å²) in [7, 11) is -2.41. The van der Waals surface area contributed by atoms with Crippen LogP contribution >= 0.6 is 0 Å². The highest BCUT2D eigenvalue weighted by molar-refractivity contribution is 7.91. The molecule has 2 saturated carbocycles. The number of aromatic nitrogens is 1. The molecule has 7 atom stereocenters. The summed E-state index contributed by atoms with van der Waals surface area (Å²) in [4.78, 5) is 65.3. The van der Waals surface area contributed by atoms with E-state index in [2.05, 4.69) is 27.2 Å². The highest BCUT2D eigenvalue weighted by Gasteiger charge is 2.63. The zero-order valence-electron chi connectivity index (χ0n) is 35.7. The molecule has 328 valence electrons. The van der Waals surface area contributed by atoms with Gasteiger partial charge < -0.3 is 39.4 Å². The maximum Gasteiger partial charge on any atom is 0.408 e. The van der Waals surface area contributed by atoms with E-state index in [1.807, 2.05) is 37.3 Å². The number of amides is 4. The minimum Gasteiger partial charge on any atom is -0.497 e. The van der Waals surface area contributed by atoms with Gasteiger partial charge >= 0.3 is 6.09 Å². The maximum absolute atomic E-state index is 14.9. The van der Waals surface area contributed by atoms with Crippen molar-refractivity contribution < 1.29 is 46.5 Å². The number of ether oxygens (including phenoxy) is 4. The van der Waals surface area contributed by atoms with Crippen molar-refractivity contribution in [3.63, 3.8) is 0 Å². The quantitative estimate of drug-likeness (QED) is 0.321. The number of anilines is 1. The lowest BCUT2D eigenvalue weighted by Gasteiger charge is -2.33. The van der Waals surface area contributed by atoms with Crippen molar-refractivity contribution in [3.8, 4) is 11.6 Å². The number of fused-ring (bicyclic) bond motifs is 3. The Morgan fingerprint density at radius 1 is 1.07 bits per heavy atom. The van der Waals surface area contributed by atoms with Gasteiger partial charge in [0.2, 0.25) is 27.7 Å². The first-order chi connectivity index (χ1) is 28.3. The number of methoxy groups -OCH3 is 1. The Hall–Kier alpha value is -4.64. The number of alkyl carbamates (subject to hydrolysis) is 1. The van der Waals surface area contributed by atoms with Crippen LogP contribution in [0.25, 0.3) is 10.8 Å². The molecule has 2 saturated heterocycles. The van der Waals surface area contributed by atoms with Crippen LogP contribution in [-0.2, 0) is 33.9 Å². The lowest BCUT2D eigenvalue weighted by Crippen LogP contribution is -2.59. The number of nitrogens with zero attached hydrogens (tertiary/aromatic N) is 3. The summed E-state index contributed by atoms with van der Waals surface area (Å²) in [6.45, 7) is 13.3. The van der Waals surface area contributed by atoms with Crippen LogP contribution < -0.4 is 29.7 Å². The van der Waals surface area contributed by atoms with Gasteiger partial charge in [0.25, 0.3) is 5.91 Å². The lowest BCUT2D eigenvalue weighted by atomic mass is 9.88. The van der Waals surface area contributed by atoms with Gasteiger partial charge in [-0.2, -0.15) is 0 Å². The van der Waals surface area contributed by atoms with E-state index in [4.69, 9.17) is 23.9 Å². The topological polar surface area (TPSA) is 195 Å². The number of morpholine rings is 1. The number of nitrogens with one attached hydrogen (secondary N) is 3. The third kappa shape index (κ3) is 9.16. The van der Waals surface area contributed by atoms with E-state index >= 15 is 0 Å². The van der Waals surface area contributed by atoms with Crippen molar-refractivity contribution in [2.24, 2.45) is 17.8 Å². The zero-order valence-corrected chi connectivity index (χ0v) is 36.6. The standard InChI is InChI=1S/C43H60N6O10S/c1-26-10-8-9-11-28-23-43(28,39(52)47-60(54,55)42(6)14-15-42)46-36(50)33-22-30(25-49(33)38(51)35(27(2)20-26)45-40(53)59-41(3,4)5)58-37-31-13-12-29(56-7)21-32(31)34(24-44-37)48-16-18-57-19-17-48/h9,11-13,21,24,26-28,30,33,35H,8,10,14-20,22-23,25H2,1-7H3,(H,45,53)(H,46,50)(H,47,52)/b11-9-/t26-,27-,28-,30-,33+,35+,43-/m1/s1. The monoisotopic (exact) mass is 852 g/mol. The first-order valence-electron chi connectivity index (χ1n) is 21.1. The fraction of sp³-hybridized carbons (Fsp3) is 0.651. The SMILES string of the molecule is COc1ccc2c(O[C@@H]3C[C@H]4C(=O)N[C@]5(C(=O)NS(=O)(=O)C6(C)CC6)C[C@H]5/C=C\CC[C@@H](C)C[C@@H](C)[C@H](NC(=O)OC(C)(C)C)C(=O)N4C3)ncc(N3CCOCC3)c2c1. The summed E-state index contributed by atoms with van der Waals surface area (Å²) in [5, 5.41) is 7.32. The molecule has 1 aromatic carbocycles. The van der Waals surface area contributed by atoms with E-state index in [1.54, 1.807) is 41.0 Å². The number of hydrogen-bond acceptors (Lipinski definition) is 12. The van der Waals surface area contributed by atoms with Gasteiger partial charge in [0, 0.05) is 36.2 Å². The molecule has 0 bridgehead atoms. The predicted octanol–water partition coefficient (Wildman–Crippen LogP) is 4.21. The van der Waals surface area contributed by atoms with E-state index in [0.717, 1.165) is 17.5 Å². The molecular formula is C43H60N6O10S. The van der Waals surface area contributed by atoms with Crippen LogP contribution in [-0.4, -0.2) is 116 Å². The number of pyridine rings is 1. The van der Waals surface area contributed by atoms with Crippen LogP contribution in [0.1, 0.15) is 86.5 Å². The highest BCUT2D eigenvalue weighted by atomic mass is 32.2. The van der Waals surface area contributed by atoms with Crippen molar-refractivity contribution in [3.05, 3.63) is 36.5 Å². The molecule has 4 fully saturated rings. The van der Waals surface area contributed by atoms with Crippen LogP contribution in [0.4, 0.5) is 10.5 Å². The molecule has 4 amide bonds. The second-order valence-electron chi connectivity index (χ2n) is 18.5. The molecule has 3 N–H and O–H groups in total. The Kier molecular flexibility index (Phi) is 12.1. The zero-order chi connectivity index (χ0) is 43.2. The second kappa shape index (κ2) is 16.7. The van der Waals surface area contributed by atoms with E-state index < -0.39 is 73.8 Å². The minimum atomic E-state index is -4.01. The van der Waals surface area contributed by atoms with E-state index in [9.17, 15) is 27.6 Å². The van der Waals surface area contributed by atoms with Gasteiger partial charge in [-0.1, -0.05) is 26.0 Å². The Morgan fingerprint density at radius 2 is 1.80 bits per heavy atom. The summed E-state index contributed by atoms with van der Waals surface area (Å²) in [6, 6.07) is 3.40. The molecule has 2 aromatic rings. The first-order valence-corrected chi connectivity index (χ1v) is 22.6. The van der Waals surface area contributed by atoms with Gasteiger partial charge in [-0.15, -0.1) is 0 Å². The minimum absolute atomic E-state index is 0.0284. The van der Waals surface area contributed by atoms with Gasteiger partial charge in [-0.25, -0.2) is 18.2 Å². The number of carbonyl (C=O) groups excluding carboxylic acids is 4. The average molecular weight is 853 g/mol. The first kappa shape index (κ1) is 43.4. The molecular weight excluding hydrogens is 793 g/mol. The molecule has 60 heavy (non-hydrogen) atoms. The van der Waals surface area contributed by atoms with E-state index in [-0.39, 0.29) is 31.2 Å². The van der Waals surface area contributed by atoms with Gasteiger partial charge in [-0.3, -0.25) is 19.1 Å². The van der Waals surface area contributed by atoms with Crippen LogP contribution in [0.2, 0.25) is 0 Å². The second-order valence-corrected chi connectivity index (χ2v) is 20.7. The van der Waals surface area contributed by atoms with Crippen molar-refractivity contribution >= 4 is 50.3 Å². The van der Waals surface area contributed by atoms with Gasteiger partial charge in [0.1, 0.15) is 35.1 Å². The largest absolute Gasteiger partial charge is 0.497 e. The third-order valence-electron chi connectivity index (χ3n) is 12.6. The third-order valence-corrected chi connectivity index (χ3v) is 14.7. The predicted molar refractivity (Wildman–Crippen MR) is 224 cm³/mol. The van der Waals surface area contributed by atoms with Gasteiger partial charge in [-0.05, 0) is 96.3 Å². The molecule has 0 spiro atoms. The van der Waals surface area contributed by atoms with Crippen molar-refractivity contribution in [1.29, 1.82) is 0 Å². The Labute approximate surface area is 352 Å². The molecule has 16 nitrogen and oxygen atoms in total. The fourth-order valence-corrected chi connectivity index (χ4v) is 9.96. The molecule has 1 aromatic heterocycles. The summed E-state index contributed by atoms with van der Waals surface area (Å²) >= 11 is 0. The highest BCUT2D eigenvalue weighted by Crippen LogP contribution is 2.48. The number of sulfonamides is 1. The number of hydrogen-bond donors (Lipinski definition) is 3. The summed E-state index contributed by atoms with van der Waals surface area (Å²) in [5.41, 5.74) is -1.48. The number of rotatable bonds is 8.